The Balaban J connectivity index is 2.74. The zero-order valence-electron chi connectivity index (χ0n) is 14.1. The number of nitrogens with one attached hydrogen (secondary N) is 2. The third-order valence-electron chi connectivity index (χ3n) is 3.51. The van der Waals surface area contributed by atoms with Crippen LogP contribution in [0.5, 0.6) is 0 Å². The fraction of sp³-hybridized carbons (Fsp3) is 0.750. The van der Waals surface area contributed by atoms with Crippen molar-refractivity contribution < 1.29 is 4.74 Å². The summed E-state index contributed by atoms with van der Waals surface area (Å²) in [6.45, 7) is 13.8. The van der Waals surface area contributed by atoms with Gasteiger partial charge in [0.1, 0.15) is 18.2 Å². The SMILES string of the molecule is CCCNc1cc(NCC(C)C(C)C)nc(COCC)n1. The highest BCUT2D eigenvalue weighted by Crippen LogP contribution is 2.15. The summed E-state index contributed by atoms with van der Waals surface area (Å²) in [6.07, 6.45) is 1.07. The van der Waals surface area contributed by atoms with E-state index in [1.165, 1.54) is 0 Å². The van der Waals surface area contributed by atoms with E-state index >= 15 is 0 Å². The lowest BCUT2D eigenvalue weighted by Crippen LogP contribution is -2.18. The molecule has 1 rings (SSSR count). The molecule has 0 saturated heterocycles. The van der Waals surface area contributed by atoms with Crippen molar-refractivity contribution in [1.82, 2.24) is 9.97 Å². The molecule has 1 heterocycles. The molecule has 5 heteroatoms. The maximum atomic E-state index is 5.42. The molecule has 0 radical (unpaired) electrons. The van der Waals surface area contributed by atoms with Crippen molar-refractivity contribution in [3.05, 3.63) is 11.9 Å². The van der Waals surface area contributed by atoms with Gasteiger partial charge in [-0.1, -0.05) is 27.7 Å². The van der Waals surface area contributed by atoms with Crippen molar-refractivity contribution >= 4 is 11.6 Å². The topological polar surface area (TPSA) is 59.1 Å². The molecule has 0 aliphatic rings. The summed E-state index contributed by atoms with van der Waals surface area (Å²) in [4.78, 5) is 9.01. The van der Waals surface area contributed by atoms with Crippen LogP contribution in [0.2, 0.25) is 0 Å². The van der Waals surface area contributed by atoms with Gasteiger partial charge in [-0.05, 0) is 25.2 Å². The Kier molecular flexibility index (Phi) is 8.05. The van der Waals surface area contributed by atoms with Gasteiger partial charge in [0.2, 0.25) is 0 Å². The van der Waals surface area contributed by atoms with Crippen molar-refractivity contribution in [1.29, 1.82) is 0 Å². The number of nitrogens with zero attached hydrogens (tertiary/aromatic N) is 2. The van der Waals surface area contributed by atoms with Crippen LogP contribution >= 0.6 is 0 Å². The highest BCUT2D eigenvalue weighted by Gasteiger charge is 2.09. The van der Waals surface area contributed by atoms with Gasteiger partial charge < -0.3 is 15.4 Å². The van der Waals surface area contributed by atoms with Gasteiger partial charge in [-0.2, -0.15) is 0 Å². The molecule has 0 bridgehead atoms. The average molecular weight is 294 g/mol. The second kappa shape index (κ2) is 9.55. The summed E-state index contributed by atoms with van der Waals surface area (Å²) in [6, 6.07) is 1.97. The van der Waals surface area contributed by atoms with Crippen molar-refractivity contribution in [3.8, 4) is 0 Å². The number of aromatic nitrogens is 2. The molecule has 0 aliphatic carbocycles. The largest absolute Gasteiger partial charge is 0.374 e. The molecule has 1 unspecified atom stereocenters. The Morgan fingerprint density at radius 1 is 1.10 bits per heavy atom. The first-order chi connectivity index (χ1) is 10.1. The maximum Gasteiger partial charge on any atom is 0.158 e. The van der Waals surface area contributed by atoms with Crippen LogP contribution in [0.25, 0.3) is 0 Å². The molecule has 1 aromatic heterocycles. The van der Waals surface area contributed by atoms with E-state index in [1.54, 1.807) is 0 Å². The first-order valence-electron chi connectivity index (χ1n) is 8.00. The summed E-state index contributed by atoms with van der Waals surface area (Å²) < 4.78 is 5.42. The summed E-state index contributed by atoms with van der Waals surface area (Å²) in [7, 11) is 0. The molecule has 0 aromatic carbocycles. The van der Waals surface area contributed by atoms with Gasteiger partial charge in [0.25, 0.3) is 0 Å². The van der Waals surface area contributed by atoms with Gasteiger partial charge in [-0.3, -0.25) is 0 Å². The quantitative estimate of drug-likeness (QED) is 0.691. The maximum absolute atomic E-state index is 5.42. The number of anilines is 2. The molecule has 5 nitrogen and oxygen atoms in total. The predicted molar refractivity (Wildman–Crippen MR) is 88.6 cm³/mol. The van der Waals surface area contributed by atoms with Crippen LogP contribution in [-0.4, -0.2) is 29.7 Å². The third-order valence-corrected chi connectivity index (χ3v) is 3.51. The van der Waals surface area contributed by atoms with Gasteiger partial charge in [0.15, 0.2) is 5.82 Å². The molecule has 0 spiro atoms. The molecule has 1 atom stereocenters. The van der Waals surface area contributed by atoms with E-state index in [4.69, 9.17) is 4.74 Å². The lowest BCUT2D eigenvalue weighted by molar-refractivity contribution is 0.128. The second-order valence-electron chi connectivity index (χ2n) is 5.72. The zero-order chi connectivity index (χ0) is 15.7. The fourth-order valence-electron chi connectivity index (χ4n) is 1.69. The van der Waals surface area contributed by atoms with Gasteiger partial charge in [0, 0.05) is 25.8 Å². The molecule has 0 saturated carbocycles. The number of hydrogen-bond acceptors (Lipinski definition) is 5. The van der Waals surface area contributed by atoms with Crippen LogP contribution in [0.4, 0.5) is 11.6 Å². The number of rotatable bonds is 10. The minimum atomic E-state index is 0.451. The molecule has 21 heavy (non-hydrogen) atoms. The molecule has 1 aromatic rings. The van der Waals surface area contributed by atoms with Gasteiger partial charge in [0.05, 0.1) is 0 Å². The second-order valence-corrected chi connectivity index (χ2v) is 5.72. The Morgan fingerprint density at radius 2 is 1.76 bits per heavy atom. The highest BCUT2D eigenvalue weighted by atomic mass is 16.5. The monoisotopic (exact) mass is 294 g/mol. The van der Waals surface area contributed by atoms with E-state index in [-0.39, 0.29) is 0 Å². The first kappa shape index (κ1) is 17.7. The standard InChI is InChI=1S/C16H30N4O/c1-6-8-17-14-9-15(18-10-13(5)12(3)4)20-16(19-14)11-21-7-2/h9,12-13H,6-8,10-11H2,1-5H3,(H2,17,18,19,20). The van der Waals surface area contributed by atoms with Crippen LogP contribution < -0.4 is 10.6 Å². The van der Waals surface area contributed by atoms with E-state index in [2.05, 4.69) is 48.3 Å². The minimum absolute atomic E-state index is 0.451. The van der Waals surface area contributed by atoms with E-state index in [0.29, 0.717) is 25.0 Å². The van der Waals surface area contributed by atoms with Gasteiger partial charge >= 0.3 is 0 Å². The molecule has 120 valence electrons. The molecule has 0 aliphatic heterocycles. The molecular weight excluding hydrogens is 264 g/mol. The van der Waals surface area contributed by atoms with Crippen molar-refractivity contribution in [2.75, 3.05) is 30.3 Å². The summed E-state index contributed by atoms with van der Waals surface area (Å²) in [5.41, 5.74) is 0. The molecular formula is C16H30N4O. The van der Waals surface area contributed by atoms with Crippen molar-refractivity contribution in [2.24, 2.45) is 11.8 Å². The lowest BCUT2D eigenvalue weighted by Gasteiger charge is -2.17. The average Bonchev–Trinajstić information content (AvgIpc) is 2.48. The van der Waals surface area contributed by atoms with Gasteiger partial charge in [-0.25, -0.2) is 9.97 Å². The number of ether oxygens (including phenoxy) is 1. The predicted octanol–water partition coefficient (Wildman–Crippen LogP) is 3.54. The lowest BCUT2D eigenvalue weighted by atomic mass is 9.98. The molecule has 0 amide bonds. The fourth-order valence-corrected chi connectivity index (χ4v) is 1.69. The van der Waals surface area contributed by atoms with E-state index in [1.807, 2.05) is 13.0 Å². The van der Waals surface area contributed by atoms with Crippen molar-refractivity contribution in [2.45, 2.75) is 47.6 Å². The van der Waals surface area contributed by atoms with E-state index < -0.39 is 0 Å². The van der Waals surface area contributed by atoms with E-state index in [9.17, 15) is 0 Å². The normalized spacial score (nSPS) is 12.5. The highest BCUT2D eigenvalue weighted by molar-refractivity contribution is 5.47. The van der Waals surface area contributed by atoms with Crippen LogP contribution in [-0.2, 0) is 11.3 Å². The smallest absolute Gasteiger partial charge is 0.158 e. The van der Waals surface area contributed by atoms with Crippen molar-refractivity contribution in [3.63, 3.8) is 0 Å². The summed E-state index contributed by atoms with van der Waals surface area (Å²) in [5.74, 6) is 3.70. The Bertz CT molecular complexity index is 383. The van der Waals surface area contributed by atoms with Crippen LogP contribution in [0.1, 0.15) is 46.9 Å². The van der Waals surface area contributed by atoms with E-state index in [0.717, 1.165) is 37.0 Å². The van der Waals surface area contributed by atoms with Gasteiger partial charge in [-0.15, -0.1) is 0 Å². The first-order valence-corrected chi connectivity index (χ1v) is 8.00. The summed E-state index contributed by atoms with van der Waals surface area (Å²) in [5, 5.41) is 6.73. The summed E-state index contributed by atoms with van der Waals surface area (Å²) >= 11 is 0. The molecule has 2 N–H and O–H groups in total. The van der Waals surface area contributed by atoms with Crippen LogP contribution in [0, 0.1) is 11.8 Å². The number of hydrogen-bond donors (Lipinski definition) is 2. The molecule has 0 fully saturated rings. The van der Waals surface area contributed by atoms with Crippen LogP contribution in [0.3, 0.4) is 0 Å². The zero-order valence-corrected chi connectivity index (χ0v) is 14.1. The Morgan fingerprint density at radius 3 is 2.33 bits per heavy atom. The third kappa shape index (κ3) is 6.76. The van der Waals surface area contributed by atoms with Crippen LogP contribution in [0.15, 0.2) is 6.07 Å². The Labute approximate surface area is 128 Å². The minimum Gasteiger partial charge on any atom is -0.374 e. The Hall–Kier alpha value is -1.36.